The average Bonchev–Trinajstić information content (AvgIpc) is 3.31. The van der Waals surface area contributed by atoms with Crippen LogP contribution >= 0.6 is 11.6 Å². The maximum Gasteiger partial charge on any atom is 0.407 e. The molecule has 0 spiro atoms. The number of likely N-dealkylation sites (tertiary alicyclic amines) is 1. The normalized spacial score (nSPS) is 15.6. The molecule has 0 saturated carbocycles. The van der Waals surface area contributed by atoms with Gasteiger partial charge in [0.05, 0.1) is 22.0 Å². The first-order valence-corrected chi connectivity index (χ1v) is 12.4. The second kappa shape index (κ2) is 10.1. The molecule has 11 heteroatoms. The summed E-state index contributed by atoms with van der Waals surface area (Å²) >= 11 is 6.71. The maximum absolute atomic E-state index is 12.7. The lowest BCUT2D eigenvalue weighted by molar-refractivity contribution is 0.102. The molecule has 1 atom stereocenters. The Bertz CT molecular complexity index is 1490. The van der Waals surface area contributed by atoms with E-state index in [2.05, 4.69) is 15.3 Å². The maximum atomic E-state index is 12.7. The monoisotopic (exact) mass is 519 g/mol. The topological polar surface area (TPSA) is 139 Å². The number of aryl methyl sites for hydroxylation is 1. The van der Waals surface area contributed by atoms with Gasteiger partial charge >= 0.3 is 6.09 Å². The number of aromatic nitrogens is 4. The van der Waals surface area contributed by atoms with Crippen LogP contribution in [-0.2, 0) is 6.42 Å². The number of carboxylic acid groups (broad SMARTS) is 1. The number of nitrogens with zero attached hydrogens (tertiary/aromatic N) is 5. The van der Waals surface area contributed by atoms with Gasteiger partial charge in [-0.05, 0) is 49.1 Å². The molecular formula is C26H26ClN7O3. The molecule has 2 amide bonds. The molecule has 1 aliphatic heterocycles. The molecule has 1 fully saturated rings. The standard InChI is InChI=1S/C26H26ClN7O3/c1-2-15-13-30-24(28)21-22(32-34(23(15)21)17-6-5-11-33(14-17)26(36)37)18-9-8-16(12-19(18)27)25(35)31-20-7-3-4-10-29-20/h3-4,7-10,12-13,17H,2,5-6,11,14H2,1H3,(H2,28,30)(H,36,37)(H,29,31,35)/t17-/m1/s1. The highest BCUT2D eigenvalue weighted by Gasteiger charge is 2.29. The third-order valence-electron chi connectivity index (χ3n) is 6.62. The molecule has 3 aromatic heterocycles. The number of rotatable bonds is 5. The summed E-state index contributed by atoms with van der Waals surface area (Å²) in [6, 6.07) is 10.1. The minimum absolute atomic E-state index is 0.157. The number of carbonyl (C=O) groups is 2. The third kappa shape index (κ3) is 4.67. The molecule has 0 radical (unpaired) electrons. The van der Waals surface area contributed by atoms with Crippen LogP contribution in [0.4, 0.5) is 16.4 Å². The van der Waals surface area contributed by atoms with Crippen LogP contribution in [0.15, 0.2) is 48.8 Å². The Labute approximate surface area is 218 Å². The molecule has 5 rings (SSSR count). The number of halogens is 1. The Morgan fingerprint density at radius 2 is 2.08 bits per heavy atom. The zero-order valence-electron chi connectivity index (χ0n) is 20.2. The lowest BCUT2D eigenvalue weighted by Gasteiger charge is -2.31. The van der Waals surface area contributed by atoms with Gasteiger partial charge in [0, 0.05) is 36.6 Å². The average molecular weight is 520 g/mol. The van der Waals surface area contributed by atoms with E-state index in [1.165, 1.54) is 4.90 Å². The van der Waals surface area contributed by atoms with Crippen LogP contribution in [0.3, 0.4) is 0 Å². The van der Waals surface area contributed by atoms with Gasteiger partial charge in [0.15, 0.2) is 0 Å². The highest BCUT2D eigenvalue weighted by Crippen LogP contribution is 2.39. The van der Waals surface area contributed by atoms with Gasteiger partial charge in [-0.3, -0.25) is 9.48 Å². The smallest absolute Gasteiger partial charge is 0.407 e. The van der Waals surface area contributed by atoms with E-state index in [1.54, 1.807) is 48.8 Å². The number of piperidine rings is 1. The lowest BCUT2D eigenvalue weighted by Crippen LogP contribution is -2.40. The van der Waals surface area contributed by atoms with Crippen molar-refractivity contribution in [3.05, 3.63) is 64.9 Å². The predicted molar refractivity (Wildman–Crippen MR) is 142 cm³/mol. The van der Waals surface area contributed by atoms with Gasteiger partial charge in [0.2, 0.25) is 0 Å². The first-order chi connectivity index (χ1) is 17.9. The minimum atomic E-state index is -0.944. The summed E-state index contributed by atoms with van der Waals surface area (Å²) in [7, 11) is 0. The third-order valence-corrected chi connectivity index (χ3v) is 6.93. The number of benzene rings is 1. The zero-order valence-corrected chi connectivity index (χ0v) is 20.9. The van der Waals surface area contributed by atoms with E-state index >= 15 is 0 Å². The van der Waals surface area contributed by atoms with Crippen molar-refractivity contribution in [2.24, 2.45) is 0 Å². The number of amides is 2. The number of anilines is 2. The fourth-order valence-corrected chi connectivity index (χ4v) is 5.04. The van der Waals surface area contributed by atoms with Crippen LogP contribution in [-0.4, -0.2) is 54.8 Å². The first-order valence-electron chi connectivity index (χ1n) is 12.0. The summed E-state index contributed by atoms with van der Waals surface area (Å²) in [5, 5.41) is 18.2. The van der Waals surface area contributed by atoms with Gasteiger partial charge in [0.1, 0.15) is 17.3 Å². The van der Waals surface area contributed by atoms with E-state index < -0.39 is 6.09 Å². The molecule has 4 N–H and O–H groups in total. The van der Waals surface area contributed by atoms with E-state index in [0.29, 0.717) is 58.4 Å². The number of fused-ring (bicyclic) bond motifs is 1. The summed E-state index contributed by atoms with van der Waals surface area (Å²) in [6.45, 7) is 2.85. The summed E-state index contributed by atoms with van der Waals surface area (Å²) in [4.78, 5) is 34.3. The fraction of sp³-hybridized carbons (Fsp3) is 0.269. The van der Waals surface area contributed by atoms with Crippen molar-refractivity contribution in [1.29, 1.82) is 0 Å². The first kappa shape index (κ1) is 24.5. The number of pyridine rings is 2. The van der Waals surface area contributed by atoms with Gasteiger partial charge in [-0.2, -0.15) is 5.10 Å². The van der Waals surface area contributed by atoms with Gasteiger partial charge < -0.3 is 21.1 Å². The van der Waals surface area contributed by atoms with Crippen molar-refractivity contribution >= 4 is 46.1 Å². The SMILES string of the molecule is CCc1cnc(N)c2c(-c3ccc(C(=O)Nc4ccccn4)cc3Cl)nn([C@@H]3CCCN(C(=O)O)C3)c12. The Morgan fingerprint density at radius 3 is 2.78 bits per heavy atom. The molecule has 0 bridgehead atoms. The van der Waals surface area contributed by atoms with Crippen LogP contribution in [0.25, 0.3) is 22.2 Å². The molecule has 37 heavy (non-hydrogen) atoms. The second-order valence-electron chi connectivity index (χ2n) is 8.93. The van der Waals surface area contributed by atoms with E-state index in [0.717, 1.165) is 23.9 Å². The number of hydrogen-bond donors (Lipinski definition) is 3. The second-order valence-corrected chi connectivity index (χ2v) is 9.33. The van der Waals surface area contributed by atoms with E-state index in [-0.39, 0.29) is 11.9 Å². The van der Waals surface area contributed by atoms with Crippen molar-refractivity contribution in [3.63, 3.8) is 0 Å². The van der Waals surface area contributed by atoms with Gasteiger partial charge in [-0.25, -0.2) is 14.8 Å². The van der Waals surface area contributed by atoms with Crippen molar-refractivity contribution in [1.82, 2.24) is 24.6 Å². The lowest BCUT2D eigenvalue weighted by atomic mass is 10.0. The molecule has 10 nitrogen and oxygen atoms in total. The van der Waals surface area contributed by atoms with Crippen molar-refractivity contribution in [2.45, 2.75) is 32.2 Å². The van der Waals surface area contributed by atoms with Crippen LogP contribution in [0.5, 0.6) is 0 Å². The molecule has 4 heterocycles. The highest BCUT2D eigenvalue weighted by molar-refractivity contribution is 6.34. The van der Waals surface area contributed by atoms with E-state index in [9.17, 15) is 14.7 Å². The summed E-state index contributed by atoms with van der Waals surface area (Å²) < 4.78 is 1.88. The number of carbonyl (C=O) groups excluding carboxylic acids is 1. The minimum Gasteiger partial charge on any atom is -0.465 e. The fourth-order valence-electron chi connectivity index (χ4n) is 4.77. The van der Waals surface area contributed by atoms with Crippen LogP contribution in [0.1, 0.15) is 41.7 Å². The number of nitrogen functional groups attached to an aromatic ring is 1. The molecule has 1 aliphatic rings. The van der Waals surface area contributed by atoms with Crippen molar-refractivity contribution < 1.29 is 14.7 Å². The molecule has 0 unspecified atom stereocenters. The number of nitrogens with one attached hydrogen (secondary N) is 1. The summed E-state index contributed by atoms with van der Waals surface area (Å²) in [5.74, 6) is 0.409. The van der Waals surface area contributed by atoms with Gasteiger partial charge in [-0.15, -0.1) is 0 Å². The summed E-state index contributed by atoms with van der Waals surface area (Å²) in [5.41, 5.74) is 9.67. The largest absolute Gasteiger partial charge is 0.465 e. The van der Waals surface area contributed by atoms with Crippen molar-refractivity contribution in [3.8, 4) is 11.3 Å². The van der Waals surface area contributed by atoms with Gasteiger partial charge in [-0.1, -0.05) is 30.7 Å². The number of hydrogen-bond acceptors (Lipinski definition) is 6. The van der Waals surface area contributed by atoms with E-state index in [4.69, 9.17) is 22.4 Å². The predicted octanol–water partition coefficient (Wildman–Crippen LogP) is 4.86. The number of nitrogens with two attached hydrogens (primary N) is 1. The van der Waals surface area contributed by atoms with Gasteiger partial charge in [0.25, 0.3) is 5.91 Å². The molecule has 0 aliphatic carbocycles. The zero-order chi connectivity index (χ0) is 26.1. The Hall–Kier alpha value is -4.18. The Morgan fingerprint density at radius 1 is 1.24 bits per heavy atom. The summed E-state index contributed by atoms with van der Waals surface area (Å²) in [6.07, 6.45) is 4.61. The molecular weight excluding hydrogens is 494 g/mol. The van der Waals surface area contributed by atoms with Crippen LogP contribution in [0, 0.1) is 0 Å². The van der Waals surface area contributed by atoms with Crippen molar-refractivity contribution in [2.75, 3.05) is 24.1 Å². The molecule has 1 aromatic carbocycles. The Balaban J connectivity index is 1.58. The van der Waals surface area contributed by atoms with Crippen LogP contribution < -0.4 is 11.1 Å². The van der Waals surface area contributed by atoms with Crippen LogP contribution in [0.2, 0.25) is 5.02 Å². The highest BCUT2D eigenvalue weighted by atomic mass is 35.5. The molecule has 190 valence electrons. The molecule has 1 saturated heterocycles. The van der Waals surface area contributed by atoms with E-state index in [1.807, 2.05) is 11.6 Å². The Kier molecular flexibility index (Phi) is 6.66. The molecule has 4 aromatic rings. The quantitative estimate of drug-likeness (QED) is 0.342.